The van der Waals surface area contributed by atoms with Crippen molar-refractivity contribution in [2.75, 3.05) is 12.9 Å². The summed E-state index contributed by atoms with van der Waals surface area (Å²) in [5.41, 5.74) is 0.955. The highest BCUT2D eigenvalue weighted by molar-refractivity contribution is 7.98. The lowest BCUT2D eigenvalue weighted by Crippen LogP contribution is -2.07. The number of aliphatic imine (C=N–C) groups is 1. The predicted octanol–water partition coefficient (Wildman–Crippen LogP) is 3.49. The average molecular weight is 384 g/mol. The van der Waals surface area contributed by atoms with Crippen molar-refractivity contribution in [1.29, 1.82) is 0 Å². The molecule has 3 rings (SSSR count). The molecule has 0 saturated heterocycles. The molecule has 0 saturated carbocycles. The standard InChI is InChI=1S/C18H16N4O4S/c1-3-25-16(23)12-9-20-18(27-2)22-14(12)19-10-13-17(24)26-15(21-13)11-7-5-4-6-8-11/h4-10,24H,3H2,1-2H3. The van der Waals surface area contributed by atoms with Gasteiger partial charge in [0.15, 0.2) is 16.7 Å². The van der Waals surface area contributed by atoms with Gasteiger partial charge in [-0.2, -0.15) is 0 Å². The highest BCUT2D eigenvalue weighted by Crippen LogP contribution is 2.26. The zero-order valence-corrected chi connectivity index (χ0v) is 15.4. The number of hydrogen-bond donors (Lipinski definition) is 1. The molecule has 0 fully saturated rings. The Bertz CT molecular complexity index is 973. The molecule has 3 aromatic rings. The van der Waals surface area contributed by atoms with Crippen LogP contribution in [0.25, 0.3) is 11.5 Å². The van der Waals surface area contributed by atoms with Gasteiger partial charge in [0, 0.05) is 11.8 Å². The summed E-state index contributed by atoms with van der Waals surface area (Å²) in [4.78, 5) is 28.8. The van der Waals surface area contributed by atoms with Crippen LogP contribution in [0.5, 0.6) is 5.95 Å². The number of aromatic hydroxyl groups is 1. The first-order valence-corrected chi connectivity index (χ1v) is 9.22. The Morgan fingerprint density at radius 3 is 2.81 bits per heavy atom. The van der Waals surface area contributed by atoms with Crippen LogP contribution in [0.1, 0.15) is 23.0 Å². The van der Waals surface area contributed by atoms with Crippen LogP contribution in [0.15, 0.2) is 51.1 Å². The first kappa shape index (κ1) is 18.6. The molecule has 1 aromatic carbocycles. The van der Waals surface area contributed by atoms with Crippen LogP contribution < -0.4 is 0 Å². The molecule has 0 aliphatic rings. The third-order valence-corrected chi connectivity index (χ3v) is 3.95. The Morgan fingerprint density at radius 1 is 1.33 bits per heavy atom. The lowest BCUT2D eigenvalue weighted by Gasteiger charge is -2.04. The number of oxazole rings is 1. The second-order valence-corrected chi connectivity index (χ2v) is 5.92. The molecule has 0 aliphatic heterocycles. The summed E-state index contributed by atoms with van der Waals surface area (Å²) >= 11 is 1.31. The summed E-state index contributed by atoms with van der Waals surface area (Å²) < 4.78 is 10.3. The third-order valence-electron chi connectivity index (χ3n) is 3.39. The van der Waals surface area contributed by atoms with Crippen molar-refractivity contribution in [3.63, 3.8) is 0 Å². The predicted molar refractivity (Wildman–Crippen MR) is 101 cm³/mol. The summed E-state index contributed by atoms with van der Waals surface area (Å²) in [6.45, 7) is 1.92. The van der Waals surface area contributed by atoms with E-state index in [0.29, 0.717) is 10.7 Å². The first-order chi connectivity index (χ1) is 13.1. The van der Waals surface area contributed by atoms with E-state index in [1.165, 1.54) is 24.2 Å². The molecule has 0 aliphatic carbocycles. The fourth-order valence-electron chi connectivity index (χ4n) is 2.14. The van der Waals surface area contributed by atoms with Gasteiger partial charge in [0.05, 0.1) is 12.8 Å². The van der Waals surface area contributed by atoms with Gasteiger partial charge < -0.3 is 14.3 Å². The van der Waals surface area contributed by atoms with Gasteiger partial charge in [-0.1, -0.05) is 30.0 Å². The van der Waals surface area contributed by atoms with E-state index in [2.05, 4.69) is 19.9 Å². The molecule has 8 nitrogen and oxygen atoms in total. The van der Waals surface area contributed by atoms with Gasteiger partial charge in [-0.3, -0.25) is 0 Å². The van der Waals surface area contributed by atoms with E-state index in [1.807, 2.05) is 24.5 Å². The molecule has 0 spiro atoms. The monoisotopic (exact) mass is 384 g/mol. The van der Waals surface area contributed by atoms with E-state index in [9.17, 15) is 9.90 Å². The maximum atomic E-state index is 12.1. The second-order valence-electron chi connectivity index (χ2n) is 5.15. The summed E-state index contributed by atoms with van der Waals surface area (Å²) in [5, 5.41) is 10.4. The number of hydrogen-bond acceptors (Lipinski definition) is 9. The summed E-state index contributed by atoms with van der Waals surface area (Å²) in [6, 6.07) is 9.14. The van der Waals surface area contributed by atoms with Gasteiger partial charge >= 0.3 is 11.9 Å². The largest absolute Gasteiger partial charge is 0.479 e. The van der Waals surface area contributed by atoms with Crippen molar-refractivity contribution in [3.8, 4) is 17.4 Å². The van der Waals surface area contributed by atoms with Crippen molar-refractivity contribution in [1.82, 2.24) is 15.0 Å². The Hall–Kier alpha value is -3.20. The molecule has 2 heterocycles. The zero-order chi connectivity index (χ0) is 19.2. The topological polar surface area (TPSA) is 111 Å². The van der Waals surface area contributed by atoms with Gasteiger partial charge in [-0.05, 0) is 25.3 Å². The Kier molecular flexibility index (Phi) is 5.82. The number of benzene rings is 1. The SMILES string of the molecule is CCOC(=O)c1cnc(SC)nc1N=Cc1nc(-c2ccccc2)oc1O. The molecule has 0 amide bonds. The quantitative estimate of drug-likeness (QED) is 0.298. The molecule has 27 heavy (non-hydrogen) atoms. The summed E-state index contributed by atoms with van der Waals surface area (Å²) in [5.74, 6) is -0.579. The number of rotatable bonds is 6. The molecule has 0 bridgehead atoms. The van der Waals surface area contributed by atoms with Crippen LogP contribution in [0.4, 0.5) is 5.82 Å². The molecule has 0 radical (unpaired) electrons. The van der Waals surface area contributed by atoms with Crippen LogP contribution in [0.3, 0.4) is 0 Å². The Morgan fingerprint density at radius 2 is 2.11 bits per heavy atom. The number of aromatic nitrogens is 3. The Labute approximate surface area is 159 Å². The van der Waals surface area contributed by atoms with Crippen LogP contribution >= 0.6 is 11.8 Å². The summed E-state index contributed by atoms with van der Waals surface area (Å²) in [7, 11) is 0. The van der Waals surface area contributed by atoms with Crippen molar-refractivity contribution < 1.29 is 19.1 Å². The number of ether oxygens (including phenoxy) is 1. The van der Waals surface area contributed by atoms with Gasteiger partial charge in [-0.25, -0.2) is 24.7 Å². The number of carbonyl (C=O) groups is 1. The smallest absolute Gasteiger partial charge is 0.343 e. The molecule has 2 aromatic heterocycles. The minimum Gasteiger partial charge on any atom is -0.479 e. The first-order valence-electron chi connectivity index (χ1n) is 7.99. The van der Waals surface area contributed by atoms with Gasteiger partial charge in [0.25, 0.3) is 0 Å². The van der Waals surface area contributed by atoms with Gasteiger partial charge in [0.2, 0.25) is 5.89 Å². The molecular formula is C18H16N4O4S. The maximum Gasteiger partial charge on any atom is 0.343 e. The van der Waals surface area contributed by atoms with Gasteiger partial charge in [-0.15, -0.1) is 0 Å². The average Bonchev–Trinajstić information content (AvgIpc) is 3.07. The maximum absolute atomic E-state index is 12.1. The van der Waals surface area contributed by atoms with Crippen molar-refractivity contribution >= 4 is 29.8 Å². The minimum absolute atomic E-state index is 0.118. The van der Waals surface area contributed by atoms with E-state index < -0.39 is 5.97 Å². The molecule has 0 unspecified atom stereocenters. The van der Waals surface area contributed by atoms with Crippen LogP contribution in [-0.4, -0.2) is 45.1 Å². The lowest BCUT2D eigenvalue weighted by molar-refractivity contribution is 0.0526. The van der Waals surface area contributed by atoms with Gasteiger partial charge in [0.1, 0.15) is 5.56 Å². The zero-order valence-electron chi connectivity index (χ0n) is 14.6. The highest BCUT2D eigenvalue weighted by Gasteiger charge is 2.16. The lowest BCUT2D eigenvalue weighted by atomic mass is 10.2. The van der Waals surface area contributed by atoms with E-state index in [0.717, 1.165) is 0 Å². The fourth-order valence-corrected chi connectivity index (χ4v) is 2.48. The number of esters is 1. The van der Waals surface area contributed by atoms with Crippen LogP contribution in [-0.2, 0) is 4.74 Å². The number of nitrogens with zero attached hydrogens (tertiary/aromatic N) is 4. The molecule has 0 atom stereocenters. The van der Waals surface area contributed by atoms with Crippen molar-refractivity contribution in [2.45, 2.75) is 12.1 Å². The second kappa shape index (κ2) is 8.45. The van der Waals surface area contributed by atoms with Crippen molar-refractivity contribution in [3.05, 3.63) is 47.8 Å². The van der Waals surface area contributed by atoms with E-state index in [-0.39, 0.29) is 35.5 Å². The molecule has 1 N–H and O–H groups in total. The van der Waals surface area contributed by atoms with Crippen molar-refractivity contribution in [2.24, 2.45) is 4.99 Å². The number of carbonyl (C=O) groups excluding carboxylic acids is 1. The highest BCUT2D eigenvalue weighted by atomic mass is 32.2. The summed E-state index contributed by atoms with van der Waals surface area (Å²) in [6.07, 6.45) is 4.45. The molecule has 9 heteroatoms. The minimum atomic E-state index is -0.577. The third kappa shape index (κ3) is 4.32. The normalized spacial score (nSPS) is 11.0. The van der Waals surface area contributed by atoms with E-state index >= 15 is 0 Å². The molecular weight excluding hydrogens is 368 g/mol. The van der Waals surface area contributed by atoms with Crippen LogP contribution in [0, 0.1) is 0 Å². The van der Waals surface area contributed by atoms with E-state index in [4.69, 9.17) is 9.15 Å². The fraction of sp³-hybridized carbons (Fsp3) is 0.167. The van der Waals surface area contributed by atoms with E-state index in [1.54, 1.807) is 19.1 Å². The number of thioether (sulfide) groups is 1. The molecule has 138 valence electrons. The van der Waals surface area contributed by atoms with Crippen LogP contribution in [0.2, 0.25) is 0 Å². The Balaban J connectivity index is 1.94.